The van der Waals surface area contributed by atoms with Crippen LogP contribution >= 0.6 is 0 Å². The summed E-state index contributed by atoms with van der Waals surface area (Å²) in [7, 11) is 1.81. The molecule has 2 rings (SSSR count). The van der Waals surface area contributed by atoms with Crippen LogP contribution in [0.1, 0.15) is 16.1 Å². The molecule has 3 nitrogen and oxygen atoms in total. The van der Waals surface area contributed by atoms with Gasteiger partial charge in [-0.2, -0.15) is 0 Å². The fraction of sp³-hybridized carbons (Fsp3) is 0.154. The fourth-order valence-corrected chi connectivity index (χ4v) is 1.61. The van der Waals surface area contributed by atoms with Gasteiger partial charge in [0.05, 0.1) is 12.8 Å². The summed E-state index contributed by atoms with van der Waals surface area (Å²) in [6.45, 7) is 0.523. The largest absolute Gasteiger partial charge is 0.467 e. The highest BCUT2D eigenvalue weighted by atomic mass is 19.1. The van der Waals surface area contributed by atoms with Crippen molar-refractivity contribution in [3.63, 3.8) is 0 Å². The van der Waals surface area contributed by atoms with Gasteiger partial charge in [0, 0.05) is 18.3 Å². The number of halogens is 1. The smallest absolute Gasteiger partial charge is 0.150 e. The second-order valence-corrected chi connectivity index (χ2v) is 3.80. The first kappa shape index (κ1) is 11.4. The van der Waals surface area contributed by atoms with E-state index in [4.69, 9.17) is 4.42 Å². The number of hydrogen-bond acceptors (Lipinski definition) is 3. The Kier molecular flexibility index (Phi) is 3.23. The van der Waals surface area contributed by atoms with Crippen LogP contribution in [0.4, 0.5) is 10.1 Å². The van der Waals surface area contributed by atoms with Crippen molar-refractivity contribution in [2.24, 2.45) is 0 Å². The van der Waals surface area contributed by atoms with Gasteiger partial charge in [-0.05, 0) is 30.3 Å². The monoisotopic (exact) mass is 233 g/mol. The van der Waals surface area contributed by atoms with Gasteiger partial charge >= 0.3 is 0 Å². The average Bonchev–Trinajstić information content (AvgIpc) is 2.81. The van der Waals surface area contributed by atoms with Crippen molar-refractivity contribution in [1.82, 2.24) is 0 Å². The highest BCUT2D eigenvalue weighted by molar-refractivity contribution is 5.77. The number of anilines is 1. The highest BCUT2D eigenvalue weighted by Crippen LogP contribution is 2.18. The Labute approximate surface area is 98.5 Å². The molecule has 0 radical (unpaired) electrons. The van der Waals surface area contributed by atoms with Crippen LogP contribution in [0.5, 0.6) is 0 Å². The molecule has 0 unspecified atom stereocenters. The molecule has 0 amide bonds. The number of aldehydes is 1. The van der Waals surface area contributed by atoms with Crippen molar-refractivity contribution >= 4 is 12.0 Å². The zero-order valence-electron chi connectivity index (χ0n) is 9.39. The predicted molar refractivity (Wildman–Crippen MR) is 62.6 cm³/mol. The summed E-state index contributed by atoms with van der Waals surface area (Å²) >= 11 is 0. The van der Waals surface area contributed by atoms with E-state index in [1.807, 2.05) is 18.0 Å². The molecular formula is C13H12FNO2. The summed E-state index contributed by atoms with van der Waals surface area (Å²) in [5, 5.41) is 0. The summed E-state index contributed by atoms with van der Waals surface area (Å²) in [6, 6.07) is 7.87. The number of rotatable bonds is 4. The zero-order valence-corrected chi connectivity index (χ0v) is 9.39. The third kappa shape index (κ3) is 2.72. The highest BCUT2D eigenvalue weighted by Gasteiger charge is 2.07. The molecule has 17 heavy (non-hydrogen) atoms. The molecule has 0 spiro atoms. The van der Waals surface area contributed by atoms with Gasteiger partial charge < -0.3 is 9.32 Å². The lowest BCUT2D eigenvalue weighted by Crippen LogP contribution is -2.16. The zero-order chi connectivity index (χ0) is 12.3. The summed E-state index contributed by atoms with van der Waals surface area (Å²) in [6.07, 6.45) is 2.22. The van der Waals surface area contributed by atoms with Gasteiger partial charge in [0.2, 0.25) is 0 Å². The first-order valence-corrected chi connectivity index (χ1v) is 5.18. The van der Waals surface area contributed by atoms with Crippen LogP contribution in [0.25, 0.3) is 0 Å². The maximum Gasteiger partial charge on any atom is 0.150 e. The first-order valence-electron chi connectivity index (χ1n) is 5.18. The molecule has 0 atom stereocenters. The molecule has 0 aliphatic carbocycles. The van der Waals surface area contributed by atoms with E-state index in [0.29, 0.717) is 24.1 Å². The maximum atomic E-state index is 13.2. The average molecular weight is 233 g/mol. The predicted octanol–water partition coefficient (Wildman–Crippen LogP) is 2.87. The third-order valence-corrected chi connectivity index (χ3v) is 2.45. The van der Waals surface area contributed by atoms with E-state index in [2.05, 4.69) is 0 Å². The van der Waals surface area contributed by atoms with Crippen LogP contribution in [0.15, 0.2) is 41.0 Å². The Balaban J connectivity index is 2.21. The second-order valence-electron chi connectivity index (χ2n) is 3.80. The maximum absolute atomic E-state index is 13.2. The lowest BCUT2D eigenvalue weighted by atomic mass is 10.2. The minimum absolute atomic E-state index is 0.325. The Morgan fingerprint density at radius 3 is 2.88 bits per heavy atom. The molecule has 1 aromatic heterocycles. The van der Waals surface area contributed by atoms with Crippen molar-refractivity contribution in [3.05, 3.63) is 53.7 Å². The molecule has 0 fully saturated rings. The quantitative estimate of drug-likeness (QED) is 0.761. The number of benzene rings is 1. The van der Waals surface area contributed by atoms with E-state index in [-0.39, 0.29) is 0 Å². The minimum Gasteiger partial charge on any atom is -0.467 e. The van der Waals surface area contributed by atoms with Crippen LogP contribution in [0.2, 0.25) is 0 Å². The van der Waals surface area contributed by atoms with Crippen LogP contribution in [-0.2, 0) is 6.54 Å². The lowest BCUT2D eigenvalue weighted by molar-refractivity contribution is 0.112. The molecule has 0 N–H and O–H groups in total. The van der Waals surface area contributed by atoms with E-state index in [1.165, 1.54) is 12.1 Å². The number of carbonyl (C=O) groups is 1. The molecule has 2 aromatic rings. The van der Waals surface area contributed by atoms with E-state index in [0.717, 1.165) is 5.76 Å². The van der Waals surface area contributed by atoms with Crippen LogP contribution in [0, 0.1) is 5.82 Å². The minimum atomic E-state index is -0.420. The Bertz CT molecular complexity index is 508. The molecule has 0 saturated carbocycles. The van der Waals surface area contributed by atoms with Crippen molar-refractivity contribution < 1.29 is 13.6 Å². The standard InChI is InChI=1S/C13H12FNO2/c1-15(8-13-3-2-4-17-13)12-6-10(9-16)5-11(14)7-12/h2-7,9H,8H2,1H3. The first-order chi connectivity index (χ1) is 8.19. The Morgan fingerprint density at radius 1 is 1.41 bits per heavy atom. The van der Waals surface area contributed by atoms with Gasteiger partial charge in [0.1, 0.15) is 17.9 Å². The summed E-state index contributed by atoms with van der Waals surface area (Å²) in [5.41, 5.74) is 0.967. The number of hydrogen-bond donors (Lipinski definition) is 0. The summed E-state index contributed by atoms with van der Waals surface area (Å²) < 4.78 is 18.5. The SMILES string of the molecule is CN(Cc1ccco1)c1cc(F)cc(C=O)c1. The van der Waals surface area contributed by atoms with Crippen LogP contribution in [0.3, 0.4) is 0 Å². The van der Waals surface area contributed by atoms with Crippen LogP contribution < -0.4 is 4.90 Å². The van der Waals surface area contributed by atoms with Gasteiger partial charge in [-0.1, -0.05) is 0 Å². The van der Waals surface area contributed by atoms with Crippen molar-refractivity contribution in [2.45, 2.75) is 6.54 Å². The van der Waals surface area contributed by atoms with Crippen LogP contribution in [-0.4, -0.2) is 13.3 Å². The number of carbonyl (C=O) groups excluding carboxylic acids is 1. The van der Waals surface area contributed by atoms with E-state index < -0.39 is 5.82 Å². The molecule has 0 aliphatic rings. The van der Waals surface area contributed by atoms with Gasteiger partial charge in [-0.25, -0.2) is 4.39 Å². The van der Waals surface area contributed by atoms with Crippen molar-refractivity contribution in [1.29, 1.82) is 0 Å². The molecule has 1 heterocycles. The lowest BCUT2D eigenvalue weighted by Gasteiger charge is -2.18. The van der Waals surface area contributed by atoms with Gasteiger partial charge in [-0.15, -0.1) is 0 Å². The van der Waals surface area contributed by atoms with E-state index in [1.54, 1.807) is 18.4 Å². The third-order valence-electron chi connectivity index (χ3n) is 2.45. The topological polar surface area (TPSA) is 33.5 Å². The molecular weight excluding hydrogens is 221 g/mol. The van der Waals surface area contributed by atoms with Gasteiger partial charge in [-0.3, -0.25) is 4.79 Å². The molecule has 0 aliphatic heterocycles. The van der Waals surface area contributed by atoms with Gasteiger partial charge in [0.25, 0.3) is 0 Å². The molecule has 0 bridgehead atoms. The number of nitrogens with zero attached hydrogens (tertiary/aromatic N) is 1. The van der Waals surface area contributed by atoms with E-state index >= 15 is 0 Å². The van der Waals surface area contributed by atoms with Crippen molar-refractivity contribution in [3.8, 4) is 0 Å². The fourth-order valence-electron chi connectivity index (χ4n) is 1.61. The Hall–Kier alpha value is -2.10. The van der Waals surface area contributed by atoms with Crippen molar-refractivity contribution in [2.75, 3.05) is 11.9 Å². The number of furan rings is 1. The summed E-state index contributed by atoms with van der Waals surface area (Å²) in [5.74, 6) is 0.361. The van der Waals surface area contributed by atoms with E-state index in [9.17, 15) is 9.18 Å². The molecule has 0 saturated heterocycles. The summed E-state index contributed by atoms with van der Waals surface area (Å²) in [4.78, 5) is 12.5. The van der Waals surface area contributed by atoms with Gasteiger partial charge in [0.15, 0.2) is 0 Å². The second kappa shape index (κ2) is 4.82. The molecule has 4 heteroatoms. The molecule has 1 aromatic carbocycles. The molecule has 88 valence electrons. The normalized spacial score (nSPS) is 10.2. The Morgan fingerprint density at radius 2 is 2.24 bits per heavy atom.